The minimum Gasteiger partial charge on any atom is -0.370 e. The van der Waals surface area contributed by atoms with Gasteiger partial charge in [-0.3, -0.25) is 4.99 Å². The molecule has 0 radical (unpaired) electrons. The van der Waals surface area contributed by atoms with E-state index in [-0.39, 0.29) is 24.0 Å². The van der Waals surface area contributed by atoms with E-state index in [1.165, 1.54) is 32.1 Å². The Balaban J connectivity index is 0.00000180. The van der Waals surface area contributed by atoms with Crippen molar-refractivity contribution >= 4 is 41.3 Å². The predicted molar refractivity (Wildman–Crippen MR) is 92.4 cm³/mol. The van der Waals surface area contributed by atoms with Crippen LogP contribution in [0.5, 0.6) is 0 Å². The van der Waals surface area contributed by atoms with Crippen molar-refractivity contribution in [2.75, 3.05) is 6.54 Å². The lowest BCUT2D eigenvalue weighted by Crippen LogP contribution is -2.41. The molecular formula is C13H23IN4S. The molecule has 3 N–H and O–H groups in total. The SMILES string of the molecule is CC(CN=C(N)NC1CCCCC1)c1nccs1.I. The molecule has 0 spiro atoms. The van der Waals surface area contributed by atoms with Crippen LogP contribution in [0.25, 0.3) is 0 Å². The van der Waals surface area contributed by atoms with E-state index >= 15 is 0 Å². The fourth-order valence-electron chi connectivity index (χ4n) is 2.29. The topological polar surface area (TPSA) is 63.3 Å². The van der Waals surface area contributed by atoms with Crippen LogP contribution in [0, 0.1) is 0 Å². The van der Waals surface area contributed by atoms with E-state index in [4.69, 9.17) is 5.73 Å². The van der Waals surface area contributed by atoms with Gasteiger partial charge in [-0.2, -0.15) is 0 Å². The van der Waals surface area contributed by atoms with Gasteiger partial charge in [0.2, 0.25) is 0 Å². The lowest BCUT2D eigenvalue weighted by Gasteiger charge is -2.23. The van der Waals surface area contributed by atoms with Crippen molar-refractivity contribution in [3.05, 3.63) is 16.6 Å². The van der Waals surface area contributed by atoms with E-state index in [2.05, 4.69) is 22.2 Å². The van der Waals surface area contributed by atoms with Crippen molar-refractivity contribution in [3.8, 4) is 0 Å². The highest BCUT2D eigenvalue weighted by Gasteiger charge is 2.13. The smallest absolute Gasteiger partial charge is 0.188 e. The average molecular weight is 394 g/mol. The summed E-state index contributed by atoms with van der Waals surface area (Å²) in [4.78, 5) is 8.72. The Kier molecular flexibility index (Phi) is 7.67. The molecule has 0 bridgehead atoms. The predicted octanol–water partition coefficient (Wildman–Crippen LogP) is 3.10. The second kappa shape index (κ2) is 8.73. The molecule has 1 aliphatic rings. The largest absolute Gasteiger partial charge is 0.370 e. The molecule has 2 rings (SSSR count). The Hall–Kier alpha value is -0.370. The average Bonchev–Trinajstić information content (AvgIpc) is 2.91. The maximum Gasteiger partial charge on any atom is 0.188 e. The van der Waals surface area contributed by atoms with Crippen LogP contribution in [0.1, 0.15) is 50.0 Å². The number of guanidine groups is 1. The van der Waals surface area contributed by atoms with E-state index in [1.807, 2.05) is 11.6 Å². The highest BCUT2D eigenvalue weighted by molar-refractivity contribution is 14.0. The Morgan fingerprint density at radius 1 is 1.53 bits per heavy atom. The first-order valence-electron chi connectivity index (χ1n) is 6.71. The van der Waals surface area contributed by atoms with Crippen LogP contribution in [-0.4, -0.2) is 23.5 Å². The molecule has 0 aromatic carbocycles. The van der Waals surface area contributed by atoms with Gasteiger partial charge in [0.15, 0.2) is 5.96 Å². The number of aliphatic imine (C=N–C) groups is 1. The van der Waals surface area contributed by atoms with Gasteiger partial charge in [0.05, 0.1) is 11.6 Å². The van der Waals surface area contributed by atoms with Crippen molar-refractivity contribution < 1.29 is 0 Å². The summed E-state index contributed by atoms with van der Waals surface area (Å²) in [6.07, 6.45) is 8.25. The van der Waals surface area contributed by atoms with Crippen LogP contribution in [0.4, 0.5) is 0 Å². The van der Waals surface area contributed by atoms with Crippen LogP contribution in [0.3, 0.4) is 0 Å². The zero-order valence-electron chi connectivity index (χ0n) is 11.3. The quantitative estimate of drug-likeness (QED) is 0.469. The number of aromatic nitrogens is 1. The number of nitrogens with two attached hydrogens (primary N) is 1. The highest BCUT2D eigenvalue weighted by atomic mass is 127. The van der Waals surface area contributed by atoms with Crippen molar-refractivity contribution in [3.63, 3.8) is 0 Å². The van der Waals surface area contributed by atoms with E-state index < -0.39 is 0 Å². The lowest BCUT2D eigenvalue weighted by atomic mass is 9.96. The number of hydrogen-bond acceptors (Lipinski definition) is 3. The molecule has 1 unspecified atom stereocenters. The van der Waals surface area contributed by atoms with Gasteiger partial charge >= 0.3 is 0 Å². The van der Waals surface area contributed by atoms with Gasteiger partial charge in [-0.25, -0.2) is 4.98 Å². The molecule has 1 fully saturated rings. The van der Waals surface area contributed by atoms with E-state index in [1.54, 1.807) is 11.3 Å². The number of halogens is 1. The van der Waals surface area contributed by atoms with Gasteiger partial charge in [0, 0.05) is 23.5 Å². The summed E-state index contributed by atoms with van der Waals surface area (Å²) in [5, 5.41) is 6.46. The third-order valence-electron chi connectivity index (χ3n) is 3.37. The fraction of sp³-hybridized carbons (Fsp3) is 0.692. The fourth-order valence-corrected chi connectivity index (χ4v) is 2.98. The van der Waals surface area contributed by atoms with Crippen molar-refractivity contribution in [2.24, 2.45) is 10.7 Å². The van der Waals surface area contributed by atoms with Crippen LogP contribution < -0.4 is 11.1 Å². The Morgan fingerprint density at radius 2 is 2.26 bits per heavy atom. The van der Waals surface area contributed by atoms with Gasteiger partial charge in [-0.15, -0.1) is 35.3 Å². The molecule has 1 aliphatic carbocycles. The molecule has 1 atom stereocenters. The molecule has 1 heterocycles. The zero-order valence-corrected chi connectivity index (χ0v) is 14.5. The molecule has 6 heteroatoms. The lowest BCUT2D eigenvalue weighted by molar-refractivity contribution is 0.412. The number of rotatable bonds is 4. The molecule has 4 nitrogen and oxygen atoms in total. The van der Waals surface area contributed by atoms with E-state index in [0.717, 1.165) is 5.01 Å². The molecule has 1 saturated carbocycles. The van der Waals surface area contributed by atoms with Gasteiger partial charge in [0.1, 0.15) is 0 Å². The summed E-state index contributed by atoms with van der Waals surface area (Å²) in [5.74, 6) is 0.932. The molecule has 19 heavy (non-hydrogen) atoms. The molecule has 0 saturated heterocycles. The van der Waals surface area contributed by atoms with Gasteiger partial charge in [0.25, 0.3) is 0 Å². The molecule has 1 aromatic rings. The zero-order chi connectivity index (χ0) is 12.8. The minimum atomic E-state index is 0. The first kappa shape index (κ1) is 16.7. The summed E-state index contributed by atoms with van der Waals surface area (Å²) in [7, 11) is 0. The summed E-state index contributed by atoms with van der Waals surface area (Å²) in [5.41, 5.74) is 5.93. The van der Waals surface area contributed by atoms with Crippen LogP contribution in [0.2, 0.25) is 0 Å². The van der Waals surface area contributed by atoms with Gasteiger partial charge in [-0.05, 0) is 12.8 Å². The van der Waals surface area contributed by atoms with Crippen LogP contribution in [0.15, 0.2) is 16.6 Å². The van der Waals surface area contributed by atoms with Crippen molar-refractivity contribution in [1.82, 2.24) is 10.3 Å². The second-order valence-electron chi connectivity index (χ2n) is 4.98. The van der Waals surface area contributed by atoms with Gasteiger partial charge in [-0.1, -0.05) is 26.2 Å². The molecule has 0 aliphatic heterocycles. The summed E-state index contributed by atoms with van der Waals surface area (Å²) < 4.78 is 0. The Labute approximate surface area is 136 Å². The molecule has 1 aromatic heterocycles. The number of thiazole rings is 1. The number of hydrogen-bond donors (Lipinski definition) is 2. The first-order chi connectivity index (χ1) is 8.75. The van der Waals surface area contributed by atoms with E-state index in [0.29, 0.717) is 24.5 Å². The summed E-state index contributed by atoms with van der Waals surface area (Å²) in [6, 6.07) is 0.526. The van der Waals surface area contributed by atoms with Gasteiger partial charge < -0.3 is 11.1 Å². The van der Waals surface area contributed by atoms with Crippen LogP contribution in [-0.2, 0) is 0 Å². The molecular weight excluding hydrogens is 371 g/mol. The summed E-state index contributed by atoms with van der Waals surface area (Å²) in [6.45, 7) is 2.84. The first-order valence-corrected chi connectivity index (χ1v) is 7.59. The minimum absolute atomic E-state index is 0. The Bertz CT molecular complexity index is 374. The standard InChI is InChI=1S/C13H22N4S.HI/c1-10(12-15-7-8-18-12)9-16-13(14)17-11-5-3-2-4-6-11;/h7-8,10-11H,2-6,9H2,1H3,(H3,14,16,17);1H. The molecule has 0 amide bonds. The van der Waals surface area contributed by atoms with E-state index in [9.17, 15) is 0 Å². The van der Waals surface area contributed by atoms with Crippen molar-refractivity contribution in [2.45, 2.75) is 51.0 Å². The van der Waals surface area contributed by atoms with Crippen molar-refractivity contribution in [1.29, 1.82) is 0 Å². The maximum absolute atomic E-state index is 5.93. The highest BCUT2D eigenvalue weighted by Crippen LogP contribution is 2.18. The summed E-state index contributed by atoms with van der Waals surface area (Å²) >= 11 is 1.68. The number of nitrogens with one attached hydrogen (secondary N) is 1. The maximum atomic E-state index is 5.93. The number of nitrogens with zero attached hydrogens (tertiary/aromatic N) is 2. The molecule has 108 valence electrons. The second-order valence-corrected chi connectivity index (χ2v) is 5.90. The normalized spacial score (nSPS) is 18.7. The van der Waals surface area contributed by atoms with Crippen LogP contribution >= 0.6 is 35.3 Å². The Morgan fingerprint density at radius 3 is 2.89 bits per heavy atom. The third-order valence-corrected chi connectivity index (χ3v) is 4.37. The monoisotopic (exact) mass is 394 g/mol. The third kappa shape index (κ3) is 5.64.